The molecule has 26 heavy (non-hydrogen) atoms. The van der Waals surface area contributed by atoms with E-state index in [9.17, 15) is 13.2 Å². The van der Waals surface area contributed by atoms with Crippen molar-refractivity contribution in [3.63, 3.8) is 0 Å². The van der Waals surface area contributed by atoms with Gasteiger partial charge in [0.25, 0.3) is 5.91 Å². The van der Waals surface area contributed by atoms with Gasteiger partial charge in [0, 0.05) is 35.1 Å². The summed E-state index contributed by atoms with van der Waals surface area (Å²) >= 11 is 5.94. The monoisotopic (exact) mass is 393 g/mol. The zero-order chi connectivity index (χ0) is 18.7. The maximum atomic E-state index is 12.5. The van der Waals surface area contributed by atoms with Crippen LogP contribution in [0.1, 0.15) is 23.7 Å². The van der Waals surface area contributed by atoms with Crippen LogP contribution in [0.2, 0.25) is 5.02 Å². The highest BCUT2D eigenvalue weighted by Gasteiger charge is 2.32. The number of halogens is 1. The second kappa shape index (κ2) is 7.63. The van der Waals surface area contributed by atoms with Crippen molar-refractivity contribution in [3.8, 4) is 0 Å². The van der Waals surface area contributed by atoms with Crippen LogP contribution in [0.25, 0.3) is 0 Å². The Morgan fingerprint density at radius 3 is 2.81 bits per heavy atom. The Morgan fingerprint density at radius 2 is 2.15 bits per heavy atom. The van der Waals surface area contributed by atoms with E-state index in [2.05, 4.69) is 10.3 Å². The minimum Gasteiger partial charge on any atom is -0.353 e. The fourth-order valence-corrected chi connectivity index (χ4v) is 5.04. The fraction of sp³-hybridized carbons (Fsp3) is 0.333. The summed E-state index contributed by atoms with van der Waals surface area (Å²) in [6, 6.07) is 10.1. The lowest BCUT2D eigenvalue weighted by atomic mass is 10.2. The average Bonchev–Trinajstić information content (AvgIpc) is 2.95. The first kappa shape index (κ1) is 18.7. The highest BCUT2D eigenvalue weighted by atomic mass is 35.5. The molecular formula is C18H20ClN3O3S. The molecule has 1 aromatic carbocycles. The van der Waals surface area contributed by atoms with E-state index in [0.29, 0.717) is 35.1 Å². The van der Waals surface area contributed by atoms with Gasteiger partial charge in [0.05, 0.1) is 11.5 Å². The van der Waals surface area contributed by atoms with Crippen LogP contribution < -0.4 is 10.2 Å². The number of anilines is 2. The molecule has 1 N–H and O–H groups in total. The van der Waals surface area contributed by atoms with E-state index in [4.69, 9.17) is 11.6 Å². The minimum atomic E-state index is -2.99. The average molecular weight is 394 g/mol. The third kappa shape index (κ3) is 4.34. The molecule has 1 amide bonds. The molecule has 2 aromatic rings. The largest absolute Gasteiger partial charge is 0.353 e. The number of aromatic nitrogens is 1. The van der Waals surface area contributed by atoms with Crippen molar-refractivity contribution < 1.29 is 13.2 Å². The predicted molar refractivity (Wildman–Crippen MR) is 104 cm³/mol. The highest BCUT2D eigenvalue weighted by Crippen LogP contribution is 2.24. The number of sulfone groups is 1. The Labute approximate surface area is 158 Å². The second-order valence-corrected chi connectivity index (χ2v) is 8.88. The summed E-state index contributed by atoms with van der Waals surface area (Å²) in [6.07, 6.45) is 2.14. The molecule has 0 bridgehead atoms. The van der Waals surface area contributed by atoms with E-state index in [0.717, 1.165) is 0 Å². The van der Waals surface area contributed by atoms with Crippen molar-refractivity contribution in [3.05, 3.63) is 53.2 Å². The molecule has 6 nitrogen and oxygen atoms in total. The van der Waals surface area contributed by atoms with E-state index >= 15 is 0 Å². The molecule has 1 fully saturated rings. The Hall–Kier alpha value is -2.12. The summed E-state index contributed by atoms with van der Waals surface area (Å²) in [7, 11) is -2.99. The van der Waals surface area contributed by atoms with E-state index in [-0.39, 0.29) is 23.5 Å². The van der Waals surface area contributed by atoms with Gasteiger partial charge < -0.3 is 10.2 Å². The normalized spacial score (nSPS) is 18.5. The molecule has 0 aliphatic carbocycles. The van der Waals surface area contributed by atoms with Crippen molar-refractivity contribution >= 4 is 38.9 Å². The van der Waals surface area contributed by atoms with E-state index in [1.54, 1.807) is 42.6 Å². The van der Waals surface area contributed by atoms with Gasteiger partial charge in [-0.2, -0.15) is 0 Å². The van der Waals surface area contributed by atoms with Crippen LogP contribution in [0.15, 0.2) is 42.6 Å². The molecule has 1 aromatic heterocycles. The van der Waals surface area contributed by atoms with Crippen molar-refractivity contribution in [2.45, 2.75) is 19.4 Å². The number of rotatable bonds is 5. The number of pyridine rings is 1. The molecule has 1 unspecified atom stereocenters. The van der Waals surface area contributed by atoms with Crippen LogP contribution in [-0.2, 0) is 9.84 Å². The van der Waals surface area contributed by atoms with E-state index < -0.39 is 9.84 Å². The Balaban J connectivity index is 1.79. The van der Waals surface area contributed by atoms with Crippen molar-refractivity contribution in [2.75, 3.05) is 28.3 Å². The van der Waals surface area contributed by atoms with Gasteiger partial charge in [0.2, 0.25) is 0 Å². The molecule has 0 radical (unpaired) electrons. The highest BCUT2D eigenvalue weighted by molar-refractivity contribution is 7.91. The van der Waals surface area contributed by atoms with Crippen LogP contribution in [0.3, 0.4) is 0 Å². The zero-order valence-corrected chi connectivity index (χ0v) is 15.9. The molecule has 8 heteroatoms. The zero-order valence-electron chi connectivity index (χ0n) is 14.4. The van der Waals surface area contributed by atoms with E-state index in [1.165, 1.54) is 0 Å². The quantitative estimate of drug-likeness (QED) is 0.844. The van der Waals surface area contributed by atoms with Gasteiger partial charge in [-0.1, -0.05) is 17.7 Å². The van der Waals surface area contributed by atoms with Gasteiger partial charge in [-0.3, -0.25) is 4.79 Å². The Morgan fingerprint density at radius 1 is 1.35 bits per heavy atom. The number of nitrogens with zero attached hydrogens (tertiary/aromatic N) is 2. The van der Waals surface area contributed by atoms with Gasteiger partial charge >= 0.3 is 0 Å². The van der Waals surface area contributed by atoms with Crippen molar-refractivity contribution in [1.29, 1.82) is 0 Å². The summed E-state index contributed by atoms with van der Waals surface area (Å²) in [5.41, 5.74) is 1.06. The summed E-state index contributed by atoms with van der Waals surface area (Å²) < 4.78 is 23.6. The summed E-state index contributed by atoms with van der Waals surface area (Å²) in [5.74, 6) is 0.657. The first-order chi connectivity index (χ1) is 12.4. The lowest BCUT2D eigenvalue weighted by Gasteiger charge is -2.28. The molecule has 138 valence electrons. The molecule has 0 saturated carbocycles. The molecule has 1 aliphatic rings. The number of hydrogen-bond acceptors (Lipinski definition) is 5. The van der Waals surface area contributed by atoms with Crippen LogP contribution >= 0.6 is 11.6 Å². The molecule has 1 saturated heterocycles. The second-order valence-electron chi connectivity index (χ2n) is 6.21. The van der Waals surface area contributed by atoms with Gasteiger partial charge in [0.15, 0.2) is 9.84 Å². The van der Waals surface area contributed by atoms with Crippen molar-refractivity contribution in [2.24, 2.45) is 0 Å². The number of nitrogens with one attached hydrogen (secondary N) is 1. The van der Waals surface area contributed by atoms with Gasteiger partial charge in [-0.25, -0.2) is 13.4 Å². The maximum absolute atomic E-state index is 12.5. The van der Waals surface area contributed by atoms with Crippen LogP contribution in [0.4, 0.5) is 11.5 Å². The molecule has 2 heterocycles. The smallest absolute Gasteiger partial charge is 0.255 e. The van der Waals surface area contributed by atoms with Gasteiger partial charge in [-0.05, 0) is 43.7 Å². The Kier molecular flexibility index (Phi) is 5.48. The third-order valence-electron chi connectivity index (χ3n) is 4.37. The lowest BCUT2D eigenvalue weighted by molar-refractivity contribution is 0.102. The lowest BCUT2D eigenvalue weighted by Crippen LogP contribution is -2.36. The van der Waals surface area contributed by atoms with Gasteiger partial charge in [0.1, 0.15) is 5.82 Å². The maximum Gasteiger partial charge on any atom is 0.255 e. The number of carbonyl (C=O) groups is 1. The third-order valence-corrected chi connectivity index (χ3v) is 6.36. The fourth-order valence-electron chi connectivity index (χ4n) is 3.11. The number of amides is 1. The topological polar surface area (TPSA) is 79.4 Å². The molecule has 3 rings (SSSR count). The van der Waals surface area contributed by atoms with Gasteiger partial charge in [-0.15, -0.1) is 0 Å². The SMILES string of the molecule is CCN(c1cc(C(=O)Nc2cccc(Cl)c2)ccn1)C1CCS(=O)(=O)C1. The first-order valence-electron chi connectivity index (χ1n) is 8.38. The van der Waals surface area contributed by atoms with E-state index in [1.807, 2.05) is 11.8 Å². The number of benzene rings is 1. The Bertz CT molecular complexity index is 917. The molecule has 1 atom stereocenters. The molecule has 1 aliphatic heterocycles. The number of hydrogen-bond donors (Lipinski definition) is 1. The van der Waals surface area contributed by atoms with Crippen LogP contribution in [0.5, 0.6) is 0 Å². The summed E-state index contributed by atoms with van der Waals surface area (Å²) in [5, 5.41) is 3.34. The van der Waals surface area contributed by atoms with Crippen LogP contribution in [-0.4, -0.2) is 43.4 Å². The molecular weight excluding hydrogens is 374 g/mol. The predicted octanol–water partition coefficient (Wildman–Crippen LogP) is 3.00. The van der Waals surface area contributed by atoms with Crippen molar-refractivity contribution in [1.82, 2.24) is 4.98 Å². The summed E-state index contributed by atoms with van der Waals surface area (Å²) in [6.45, 7) is 2.57. The minimum absolute atomic E-state index is 0.108. The summed E-state index contributed by atoms with van der Waals surface area (Å²) in [4.78, 5) is 18.8. The molecule has 0 spiro atoms. The number of carbonyl (C=O) groups excluding carboxylic acids is 1. The van der Waals surface area contributed by atoms with Crippen LogP contribution in [0, 0.1) is 0 Å². The first-order valence-corrected chi connectivity index (χ1v) is 10.6. The standard InChI is InChI=1S/C18H20ClN3O3S/c1-2-22(16-7-9-26(24,25)12-16)17-10-13(6-8-20-17)18(23)21-15-5-3-4-14(19)11-15/h3-6,8,10-11,16H,2,7,9,12H2,1H3,(H,21,23).